The molecule has 0 aromatic rings. The minimum absolute atomic E-state index is 0.00323. The zero-order valence-electron chi connectivity index (χ0n) is 14.4. The fourth-order valence-electron chi connectivity index (χ4n) is 3.89. The third kappa shape index (κ3) is 7.30. The van der Waals surface area contributed by atoms with Crippen molar-refractivity contribution in [1.82, 2.24) is 0 Å². The molecule has 0 amide bonds. The number of hydrogen-bond donors (Lipinski definition) is 0. The van der Waals surface area contributed by atoms with E-state index < -0.39 is 6.08 Å². The largest absolute Gasteiger partial charge is 0.352 e. The second kappa shape index (κ2) is 10.4. The fourth-order valence-corrected chi connectivity index (χ4v) is 3.89. The molecule has 1 saturated carbocycles. The van der Waals surface area contributed by atoms with Gasteiger partial charge >= 0.3 is 0 Å². The molecule has 1 aliphatic heterocycles. The Kier molecular flexibility index (Phi) is 8.52. The molecular formula is C19H32F2O2. The number of unbranched alkanes of at least 4 members (excludes halogenated alkanes) is 1. The highest BCUT2D eigenvalue weighted by atomic mass is 19.3. The van der Waals surface area contributed by atoms with Crippen LogP contribution in [0.25, 0.3) is 0 Å². The number of halogens is 2. The lowest BCUT2D eigenvalue weighted by atomic mass is 9.80. The molecule has 1 saturated heterocycles. The standard InChI is InChI=1S/C19H32F2O2/c1-2-5-17-13-22-19(23-14-17)7-4-3-6-15-8-10-16(11-9-15)12-18(20)21/h12,15-17,19H,2-11,13-14H2,1H3. The molecule has 0 aromatic carbocycles. The summed E-state index contributed by atoms with van der Waals surface area (Å²) in [5.41, 5.74) is 0. The molecule has 23 heavy (non-hydrogen) atoms. The SMILES string of the molecule is CCCC1COC(CCCCC2CCC(C=C(F)F)CC2)OC1. The topological polar surface area (TPSA) is 18.5 Å². The van der Waals surface area contributed by atoms with Crippen molar-refractivity contribution in [3.05, 3.63) is 12.2 Å². The molecule has 1 aliphatic carbocycles. The maximum atomic E-state index is 12.2. The van der Waals surface area contributed by atoms with E-state index in [0.717, 1.165) is 63.7 Å². The van der Waals surface area contributed by atoms with E-state index in [1.165, 1.54) is 25.7 Å². The van der Waals surface area contributed by atoms with Crippen LogP contribution < -0.4 is 0 Å². The van der Waals surface area contributed by atoms with Crippen LogP contribution in [-0.4, -0.2) is 19.5 Å². The lowest BCUT2D eigenvalue weighted by Gasteiger charge is -2.29. The summed E-state index contributed by atoms with van der Waals surface area (Å²) in [6, 6.07) is 0. The Hall–Kier alpha value is -0.480. The van der Waals surface area contributed by atoms with Gasteiger partial charge in [0.25, 0.3) is 6.08 Å². The Morgan fingerprint density at radius 2 is 1.57 bits per heavy atom. The van der Waals surface area contributed by atoms with Crippen molar-refractivity contribution in [3.8, 4) is 0 Å². The van der Waals surface area contributed by atoms with Crippen LogP contribution in [0.1, 0.15) is 71.1 Å². The Morgan fingerprint density at radius 1 is 0.913 bits per heavy atom. The lowest BCUT2D eigenvalue weighted by molar-refractivity contribution is -0.204. The van der Waals surface area contributed by atoms with Gasteiger partial charge in [-0.15, -0.1) is 0 Å². The lowest BCUT2D eigenvalue weighted by Crippen LogP contribution is -2.31. The average Bonchev–Trinajstić information content (AvgIpc) is 2.54. The molecule has 2 fully saturated rings. The van der Waals surface area contributed by atoms with E-state index in [0.29, 0.717) is 5.92 Å². The van der Waals surface area contributed by atoms with Crippen molar-refractivity contribution >= 4 is 0 Å². The first kappa shape index (κ1) is 18.9. The van der Waals surface area contributed by atoms with E-state index in [1.54, 1.807) is 0 Å². The molecule has 2 aliphatic rings. The van der Waals surface area contributed by atoms with E-state index in [4.69, 9.17) is 9.47 Å². The van der Waals surface area contributed by atoms with Gasteiger partial charge in [-0.2, -0.15) is 8.78 Å². The number of ether oxygens (including phenoxy) is 2. The van der Waals surface area contributed by atoms with Gasteiger partial charge in [0, 0.05) is 5.92 Å². The van der Waals surface area contributed by atoms with Crippen LogP contribution in [0.3, 0.4) is 0 Å². The normalized spacial score (nSPS) is 31.8. The molecule has 0 aromatic heterocycles. The number of hydrogen-bond acceptors (Lipinski definition) is 2. The zero-order chi connectivity index (χ0) is 16.5. The van der Waals surface area contributed by atoms with Crippen LogP contribution >= 0.6 is 0 Å². The summed E-state index contributed by atoms with van der Waals surface area (Å²) in [7, 11) is 0. The zero-order valence-corrected chi connectivity index (χ0v) is 14.4. The highest BCUT2D eigenvalue weighted by molar-refractivity contribution is 4.90. The molecule has 4 heteroatoms. The highest BCUT2D eigenvalue weighted by Crippen LogP contribution is 2.33. The Labute approximate surface area is 139 Å². The number of rotatable bonds is 8. The summed E-state index contributed by atoms with van der Waals surface area (Å²) in [6.45, 7) is 3.90. The van der Waals surface area contributed by atoms with Crippen molar-refractivity contribution in [2.24, 2.45) is 17.8 Å². The van der Waals surface area contributed by atoms with Crippen LogP contribution in [0.2, 0.25) is 0 Å². The van der Waals surface area contributed by atoms with E-state index in [1.807, 2.05) is 0 Å². The summed E-state index contributed by atoms with van der Waals surface area (Å²) in [4.78, 5) is 0. The predicted octanol–water partition coefficient (Wildman–Crippen LogP) is 5.92. The summed E-state index contributed by atoms with van der Waals surface area (Å²) >= 11 is 0. The van der Waals surface area contributed by atoms with Gasteiger partial charge in [-0.05, 0) is 62.9 Å². The van der Waals surface area contributed by atoms with E-state index in [2.05, 4.69) is 6.92 Å². The van der Waals surface area contributed by atoms with Gasteiger partial charge in [0.05, 0.1) is 13.2 Å². The Bertz CT molecular complexity index is 339. The van der Waals surface area contributed by atoms with Crippen molar-refractivity contribution in [2.45, 2.75) is 77.4 Å². The summed E-state index contributed by atoms with van der Waals surface area (Å²) in [6.07, 6.45) is 10.6. The van der Waals surface area contributed by atoms with Gasteiger partial charge in [0.1, 0.15) is 0 Å². The highest BCUT2D eigenvalue weighted by Gasteiger charge is 2.22. The Morgan fingerprint density at radius 3 is 2.17 bits per heavy atom. The number of allylic oxidation sites excluding steroid dienone is 1. The molecule has 0 spiro atoms. The van der Waals surface area contributed by atoms with Crippen LogP contribution in [0, 0.1) is 17.8 Å². The summed E-state index contributed by atoms with van der Waals surface area (Å²) in [5.74, 6) is 1.41. The fraction of sp³-hybridized carbons (Fsp3) is 0.895. The van der Waals surface area contributed by atoms with Crippen LogP contribution in [0.15, 0.2) is 12.2 Å². The van der Waals surface area contributed by atoms with Crippen molar-refractivity contribution in [1.29, 1.82) is 0 Å². The predicted molar refractivity (Wildman–Crippen MR) is 88.3 cm³/mol. The van der Waals surface area contributed by atoms with Gasteiger partial charge < -0.3 is 9.47 Å². The molecule has 0 N–H and O–H groups in total. The molecule has 0 atom stereocenters. The first-order chi connectivity index (χ1) is 11.2. The van der Waals surface area contributed by atoms with Gasteiger partial charge in [-0.25, -0.2) is 0 Å². The first-order valence-electron chi connectivity index (χ1n) is 9.43. The van der Waals surface area contributed by atoms with E-state index in [9.17, 15) is 8.78 Å². The maximum absolute atomic E-state index is 12.2. The summed E-state index contributed by atoms with van der Waals surface area (Å²) in [5, 5.41) is 0. The van der Waals surface area contributed by atoms with Crippen LogP contribution in [0.5, 0.6) is 0 Å². The molecule has 2 nitrogen and oxygen atoms in total. The van der Waals surface area contributed by atoms with E-state index >= 15 is 0 Å². The molecule has 0 radical (unpaired) electrons. The first-order valence-corrected chi connectivity index (χ1v) is 9.43. The second-order valence-electron chi connectivity index (χ2n) is 7.27. The van der Waals surface area contributed by atoms with Gasteiger partial charge in [0.15, 0.2) is 6.29 Å². The summed E-state index contributed by atoms with van der Waals surface area (Å²) < 4.78 is 36.1. The van der Waals surface area contributed by atoms with Crippen LogP contribution in [0.4, 0.5) is 8.78 Å². The molecular weight excluding hydrogens is 298 g/mol. The van der Waals surface area contributed by atoms with Crippen LogP contribution in [-0.2, 0) is 9.47 Å². The average molecular weight is 330 g/mol. The van der Waals surface area contributed by atoms with Gasteiger partial charge in [0.2, 0.25) is 0 Å². The quantitative estimate of drug-likeness (QED) is 0.514. The molecule has 0 bridgehead atoms. The molecule has 2 rings (SSSR count). The second-order valence-corrected chi connectivity index (χ2v) is 7.27. The monoisotopic (exact) mass is 330 g/mol. The Balaban J connectivity index is 1.49. The molecule has 1 heterocycles. The van der Waals surface area contributed by atoms with E-state index in [-0.39, 0.29) is 12.2 Å². The molecule has 134 valence electrons. The minimum atomic E-state index is -1.51. The van der Waals surface area contributed by atoms with Crippen molar-refractivity contribution in [2.75, 3.05) is 13.2 Å². The third-order valence-corrected chi connectivity index (χ3v) is 5.29. The van der Waals surface area contributed by atoms with Gasteiger partial charge in [-0.3, -0.25) is 0 Å². The minimum Gasteiger partial charge on any atom is -0.352 e. The third-order valence-electron chi connectivity index (χ3n) is 5.29. The maximum Gasteiger partial charge on any atom is 0.266 e. The van der Waals surface area contributed by atoms with Crippen molar-refractivity contribution < 1.29 is 18.3 Å². The van der Waals surface area contributed by atoms with Crippen molar-refractivity contribution in [3.63, 3.8) is 0 Å². The van der Waals surface area contributed by atoms with Gasteiger partial charge in [-0.1, -0.05) is 26.2 Å². The smallest absolute Gasteiger partial charge is 0.266 e. The molecule has 0 unspecified atom stereocenters.